The van der Waals surface area contributed by atoms with Gasteiger partial charge in [0.25, 0.3) is 0 Å². The molecule has 0 spiro atoms. The zero-order chi connectivity index (χ0) is 28.0. The van der Waals surface area contributed by atoms with Crippen molar-refractivity contribution in [3.05, 3.63) is 40.8 Å². The Hall–Kier alpha value is -3.88. The number of alkyl carbamates (subject to hydrolysis) is 1. The van der Waals surface area contributed by atoms with Crippen molar-refractivity contribution in [2.75, 3.05) is 56.6 Å². The summed E-state index contributed by atoms with van der Waals surface area (Å²) in [5, 5.41) is 21.6. The highest BCUT2D eigenvalue weighted by molar-refractivity contribution is 7.08. The lowest BCUT2D eigenvalue weighted by molar-refractivity contribution is 0.0398. The van der Waals surface area contributed by atoms with Crippen LogP contribution in [0.25, 0.3) is 22.4 Å². The van der Waals surface area contributed by atoms with E-state index in [1.165, 1.54) is 0 Å². The van der Waals surface area contributed by atoms with Crippen LogP contribution in [0.15, 0.2) is 35.3 Å². The van der Waals surface area contributed by atoms with Gasteiger partial charge in [-0.3, -0.25) is 10.00 Å². The van der Waals surface area contributed by atoms with E-state index in [4.69, 9.17) is 14.5 Å². The number of hydrogen-bond donors (Lipinski definition) is 4. The van der Waals surface area contributed by atoms with Gasteiger partial charge in [0.05, 0.1) is 30.3 Å². The molecule has 14 heteroatoms. The highest BCUT2D eigenvalue weighted by Gasteiger charge is 2.20. The van der Waals surface area contributed by atoms with Crippen molar-refractivity contribution in [1.82, 2.24) is 40.3 Å². The third-order valence-corrected chi connectivity index (χ3v) is 6.83. The molecule has 212 valence electrons. The zero-order valence-electron chi connectivity index (χ0n) is 22.8. The molecule has 4 aromatic heterocycles. The number of H-pyrrole nitrogens is 1. The minimum Gasteiger partial charge on any atom is -0.444 e. The fraction of sp³-hybridized carbons (Fsp3) is 0.462. The Kier molecular flexibility index (Phi) is 8.67. The molecule has 1 aliphatic rings. The molecule has 1 aliphatic heterocycles. The smallest absolute Gasteiger partial charge is 0.407 e. The second-order valence-electron chi connectivity index (χ2n) is 10.3. The van der Waals surface area contributed by atoms with Gasteiger partial charge in [-0.1, -0.05) is 0 Å². The molecule has 0 aliphatic carbocycles. The number of aromatic nitrogens is 6. The number of morpholine rings is 1. The monoisotopic (exact) mass is 566 g/mol. The summed E-state index contributed by atoms with van der Waals surface area (Å²) in [6.07, 6.45) is 2.92. The van der Waals surface area contributed by atoms with E-state index < -0.39 is 11.7 Å². The average molecular weight is 567 g/mol. The molecule has 1 amide bonds. The number of thiophene rings is 1. The molecule has 4 N–H and O–H groups in total. The van der Waals surface area contributed by atoms with E-state index in [2.05, 4.69) is 46.0 Å². The van der Waals surface area contributed by atoms with Crippen molar-refractivity contribution in [2.45, 2.75) is 32.4 Å². The fourth-order valence-electron chi connectivity index (χ4n) is 4.18. The number of nitrogens with one attached hydrogen (secondary N) is 4. The van der Waals surface area contributed by atoms with Crippen molar-refractivity contribution >= 4 is 40.4 Å². The van der Waals surface area contributed by atoms with Gasteiger partial charge in [0.15, 0.2) is 5.65 Å². The van der Waals surface area contributed by atoms with Gasteiger partial charge in [-0.05, 0) is 49.2 Å². The summed E-state index contributed by atoms with van der Waals surface area (Å²) in [4.78, 5) is 32.8. The summed E-state index contributed by atoms with van der Waals surface area (Å²) >= 11 is 1.57. The van der Waals surface area contributed by atoms with Gasteiger partial charge in [0.1, 0.15) is 11.3 Å². The summed E-state index contributed by atoms with van der Waals surface area (Å²) < 4.78 is 10.8. The molecule has 1 unspecified atom stereocenters. The van der Waals surface area contributed by atoms with Crippen LogP contribution < -0.4 is 16.0 Å². The van der Waals surface area contributed by atoms with Gasteiger partial charge in [-0.25, -0.2) is 19.7 Å². The molecule has 1 saturated heterocycles. The molecule has 13 nitrogen and oxygen atoms in total. The number of amides is 1. The quantitative estimate of drug-likeness (QED) is 0.223. The van der Waals surface area contributed by atoms with E-state index in [1.54, 1.807) is 29.8 Å². The Bertz CT molecular complexity index is 1400. The highest BCUT2D eigenvalue weighted by Crippen LogP contribution is 2.26. The first-order valence-corrected chi connectivity index (χ1v) is 14.1. The molecule has 0 saturated carbocycles. The normalized spacial score (nSPS) is 15.1. The second-order valence-corrected chi connectivity index (χ2v) is 11.1. The minimum absolute atomic E-state index is 0.264. The summed E-state index contributed by atoms with van der Waals surface area (Å²) in [5.74, 6) is 0.940. The van der Waals surface area contributed by atoms with E-state index in [9.17, 15) is 4.79 Å². The van der Waals surface area contributed by atoms with E-state index >= 15 is 0 Å². The van der Waals surface area contributed by atoms with E-state index in [0.717, 1.165) is 50.3 Å². The summed E-state index contributed by atoms with van der Waals surface area (Å²) in [7, 11) is 0. The second kappa shape index (κ2) is 12.5. The third kappa shape index (κ3) is 7.40. The van der Waals surface area contributed by atoms with Crippen molar-refractivity contribution in [3.8, 4) is 11.4 Å². The van der Waals surface area contributed by atoms with Crippen molar-refractivity contribution in [3.63, 3.8) is 0 Å². The van der Waals surface area contributed by atoms with Crippen LogP contribution in [0.2, 0.25) is 0 Å². The zero-order valence-corrected chi connectivity index (χ0v) is 23.6. The third-order valence-electron chi connectivity index (χ3n) is 6.13. The Balaban J connectivity index is 1.26. The van der Waals surface area contributed by atoms with Crippen LogP contribution in [0.4, 0.5) is 16.7 Å². The van der Waals surface area contributed by atoms with E-state index in [0.29, 0.717) is 35.5 Å². The van der Waals surface area contributed by atoms with Crippen molar-refractivity contribution < 1.29 is 14.3 Å². The van der Waals surface area contributed by atoms with Crippen LogP contribution in [0.3, 0.4) is 0 Å². The molecular formula is C26H34N10O3S. The molecule has 4 aromatic rings. The molecule has 5 heterocycles. The Labute approximate surface area is 236 Å². The molecule has 40 heavy (non-hydrogen) atoms. The lowest BCUT2D eigenvalue weighted by Gasteiger charge is -2.26. The van der Waals surface area contributed by atoms with E-state index in [-0.39, 0.29) is 6.04 Å². The van der Waals surface area contributed by atoms with Gasteiger partial charge < -0.3 is 25.4 Å². The first kappa shape index (κ1) is 27.7. The van der Waals surface area contributed by atoms with Gasteiger partial charge >= 0.3 is 6.09 Å². The predicted octanol–water partition coefficient (Wildman–Crippen LogP) is 3.29. The molecule has 5 rings (SSSR count). The van der Waals surface area contributed by atoms with Gasteiger partial charge in [0.2, 0.25) is 11.9 Å². The summed E-state index contributed by atoms with van der Waals surface area (Å²) in [5.41, 5.74) is 2.28. The molecule has 0 bridgehead atoms. The lowest BCUT2D eigenvalue weighted by atomic mass is 10.1. The number of carbonyl (C=O) groups excluding carboxylic acids is 1. The van der Waals surface area contributed by atoms with Crippen LogP contribution in [0.1, 0.15) is 32.4 Å². The van der Waals surface area contributed by atoms with Gasteiger partial charge in [0, 0.05) is 45.1 Å². The minimum atomic E-state index is -0.581. The summed E-state index contributed by atoms with van der Waals surface area (Å²) in [6, 6.07) is 3.52. The van der Waals surface area contributed by atoms with Crippen LogP contribution >= 0.6 is 11.3 Å². The molecular weight excluding hydrogens is 532 g/mol. The number of rotatable bonds is 10. The van der Waals surface area contributed by atoms with Crippen molar-refractivity contribution in [1.29, 1.82) is 0 Å². The number of anilines is 2. The SMILES string of the molecule is CC(C)(C)OC(=O)NCC(Nc1nccc(-c2n[nH]c3nc(NCCN4CCOCC4)ncc23)n1)c1ccsc1. The standard InChI is InChI=1S/C26H34N10O3S/c1-26(2,3)39-25(37)30-15-20(17-5-13-40-16-17)32-24-27-6-4-19(31-24)21-18-14-29-23(33-22(18)35-34-21)28-7-8-36-9-11-38-12-10-36/h4-6,13-14,16,20H,7-12,15H2,1-3H3,(H,30,37)(H,27,31,32)(H2,28,29,33,34,35). The van der Waals surface area contributed by atoms with Crippen LogP contribution in [0.5, 0.6) is 0 Å². The maximum absolute atomic E-state index is 12.2. The van der Waals surface area contributed by atoms with Gasteiger partial charge in [-0.2, -0.15) is 21.4 Å². The predicted molar refractivity (Wildman–Crippen MR) is 153 cm³/mol. The Morgan fingerprint density at radius 1 is 1.20 bits per heavy atom. The molecule has 0 aromatic carbocycles. The van der Waals surface area contributed by atoms with Crippen molar-refractivity contribution in [2.24, 2.45) is 0 Å². The number of carbonyl (C=O) groups is 1. The first-order valence-electron chi connectivity index (χ1n) is 13.2. The van der Waals surface area contributed by atoms with Crippen LogP contribution in [0, 0.1) is 0 Å². The fourth-order valence-corrected chi connectivity index (χ4v) is 4.90. The van der Waals surface area contributed by atoms with E-state index in [1.807, 2.05) is 37.6 Å². The Morgan fingerprint density at radius 2 is 2.05 bits per heavy atom. The molecule has 1 fully saturated rings. The number of aromatic amines is 1. The molecule has 1 atom stereocenters. The van der Waals surface area contributed by atoms with Crippen LogP contribution in [-0.4, -0.2) is 92.7 Å². The van der Waals surface area contributed by atoms with Crippen LogP contribution in [-0.2, 0) is 9.47 Å². The highest BCUT2D eigenvalue weighted by atomic mass is 32.1. The maximum Gasteiger partial charge on any atom is 0.407 e. The van der Waals surface area contributed by atoms with Gasteiger partial charge in [-0.15, -0.1) is 0 Å². The average Bonchev–Trinajstić information content (AvgIpc) is 3.61. The number of hydrogen-bond acceptors (Lipinski definition) is 12. The number of ether oxygens (including phenoxy) is 2. The number of nitrogens with zero attached hydrogens (tertiary/aromatic N) is 6. The topological polar surface area (TPSA) is 155 Å². The first-order chi connectivity index (χ1) is 19.3. The number of fused-ring (bicyclic) bond motifs is 1. The lowest BCUT2D eigenvalue weighted by Crippen LogP contribution is -2.39. The summed E-state index contributed by atoms with van der Waals surface area (Å²) in [6.45, 7) is 10.8. The maximum atomic E-state index is 12.2. The molecule has 0 radical (unpaired) electrons. The largest absolute Gasteiger partial charge is 0.444 e. The Morgan fingerprint density at radius 3 is 2.83 bits per heavy atom.